The van der Waals surface area contributed by atoms with Gasteiger partial charge >= 0.3 is 6.18 Å². The molecule has 0 radical (unpaired) electrons. The van der Waals surface area contributed by atoms with E-state index < -0.39 is 16.7 Å². The molecule has 1 aliphatic rings. The van der Waals surface area contributed by atoms with Crippen LogP contribution in [-0.2, 0) is 12.7 Å². The van der Waals surface area contributed by atoms with Crippen molar-refractivity contribution in [3.63, 3.8) is 0 Å². The lowest BCUT2D eigenvalue weighted by Gasteiger charge is -2.28. The van der Waals surface area contributed by atoms with Crippen molar-refractivity contribution in [2.75, 3.05) is 31.1 Å². The highest BCUT2D eigenvalue weighted by atomic mass is 19.4. The lowest BCUT2D eigenvalue weighted by Crippen LogP contribution is -3.13. The first kappa shape index (κ1) is 18.1. The maximum absolute atomic E-state index is 12.6. The summed E-state index contributed by atoms with van der Waals surface area (Å²) in [6.45, 7) is 3.90. The zero-order chi connectivity index (χ0) is 18.7. The number of aromatic amines is 1. The second-order valence-corrected chi connectivity index (χ2v) is 6.30. The van der Waals surface area contributed by atoms with Crippen molar-refractivity contribution in [3.05, 3.63) is 63.8 Å². The predicted octanol–water partition coefficient (Wildman–Crippen LogP) is 1.33. The van der Waals surface area contributed by atoms with Gasteiger partial charge in [0, 0.05) is 23.8 Å². The summed E-state index contributed by atoms with van der Waals surface area (Å²) >= 11 is 0. The summed E-state index contributed by atoms with van der Waals surface area (Å²) < 4.78 is 37.8. The minimum absolute atomic E-state index is 0.0754. The van der Waals surface area contributed by atoms with Crippen LogP contribution >= 0.6 is 0 Å². The number of H-pyrrole nitrogens is 1. The molecule has 2 N–H and O–H groups in total. The Balaban J connectivity index is 1.54. The molecular weight excluding hydrogens is 349 g/mol. The van der Waals surface area contributed by atoms with E-state index in [1.165, 1.54) is 23.1 Å². The first-order valence-electron chi connectivity index (χ1n) is 8.24. The number of nitro benzene ring substituents is 1. The normalized spacial score (nSPS) is 15.9. The molecule has 0 bridgehead atoms. The number of nitrogens with zero attached hydrogens (tertiary/aromatic N) is 2. The summed E-state index contributed by atoms with van der Waals surface area (Å²) in [5, 5.41) is 10.7. The Kier molecular flexibility index (Phi) is 5.08. The fourth-order valence-electron chi connectivity index (χ4n) is 3.05. The molecule has 0 atom stereocenters. The Hall–Kier alpha value is -2.68. The number of alkyl halides is 3. The smallest absolute Gasteiger partial charge is 0.325 e. The molecule has 3 rings (SSSR count). The number of halogens is 3. The molecule has 2 aromatic rings. The van der Waals surface area contributed by atoms with Crippen molar-refractivity contribution < 1.29 is 28.0 Å². The molecule has 0 spiro atoms. The molecular formula is C17H19F3N4O2+2. The van der Waals surface area contributed by atoms with Gasteiger partial charge in [-0.1, -0.05) is 0 Å². The quantitative estimate of drug-likeness (QED) is 0.654. The van der Waals surface area contributed by atoms with Gasteiger partial charge in [0.2, 0.25) is 0 Å². The molecule has 0 unspecified atom stereocenters. The Morgan fingerprint density at radius 2 is 1.77 bits per heavy atom. The number of pyridine rings is 1. The minimum Gasteiger partial charge on any atom is -0.325 e. The van der Waals surface area contributed by atoms with Crippen molar-refractivity contribution in [1.29, 1.82) is 0 Å². The SMILES string of the molecule is O=[N+]([O-])c1ccc(C[NH+]2CCN(c3ccc(C(F)(F)F)c[nH+]3)CC2)cc1. The van der Waals surface area contributed by atoms with Crippen molar-refractivity contribution in [2.24, 2.45) is 0 Å². The monoisotopic (exact) mass is 368 g/mol. The number of hydrogen-bond donors (Lipinski definition) is 1. The van der Waals surface area contributed by atoms with Gasteiger partial charge in [0.25, 0.3) is 11.5 Å². The predicted molar refractivity (Wildman–Crippen MR) is 87.7 cm³/mol. The van der Waals surface area contributed by atoms with E-state index in [0.717, 1.165) is 50.6 Å². The van der Waals surface area contributed by atoms with Gasteiger partial charge < -0.3 is 4.90 Å². The highest BCUT2D eigenvalue weighted by molar-refractivity contribution is 5.34. The second-order valence-electron chi connectivity index (χ2n) is 6.30. The highest BCUT2D eigenvalue weighted by Gasteiger charge is 2.33. The van der Waals surface area contributed by atoms with Crippen LogP contribution in [-0.4, -0.2) is 31.1 Å². The number of hydrogen-bond acceptors (Lipinski definition) is 3. The molecule has 1 aliphatic heterocycles. The fourth-order valence-corrected chi connectivity index (χ4v) is 3.05. The number of rotatable bonds is 4. The van der Waals surface area contributed by atoms with Crippen LogP contribution in [0.15, 0.2) is 42.6 Å². The van der Waals surface area contributed by atoms with Crippen LogP contribution < -0.4 is 14.8 Å². The molecule has 0 aliphatic carbocycles. The van der Waals surface area contributed by atoms with Crippen molar-refractivity contribution >= 4 is 11.5 Å². The van der Waals surface area contributed by atoms with E-state index in [0.29, 0.717) is 5.82 Å². The summed E-state index contributed by atoms with van der Waals surface area (Å²) in [6, 6.07) is 9.08. The van der Waals surface area contributed by atoms with Gasteiger partial charge in [0.15, 0.2) is 0 Å². The largest absolute Gasteiger partial charge is 0.419 e. The lowest BCUT2D eigenvalue weighted by molar-refractivity contribution is -0.914. The molecule has 138 valence electrons. The minimum atomic E-state index is -4.34. The van der Waals surface area contributed by atoms with Crippen molar-refractivity contribution in [3.8, 4) is 0 Å². The third-order valence-corrected chi connectivity index (χ3v) is 4.54. The topological polar surface area (TPSA) is 65.0 Å². The number of nitro groups is 1. The van der Waals surface area contributed by atoms with Gasteiger partial charge in [-0.2, -0.15) is 13.2 Å². The van der Waals surface area contributed by atoms with Crippen LogP contribution in [0.1, 0.15) is 11.1 Å². The molecule has 0 amide bonds. The number of anilines is 1. The first-order valence-corrected chi connectivity index (χ1v) is 8.24. The van der Waals surface area contributed by atoms with Gasteiger partial charge in [0.1, 0.15) is 38.9 Å². The van der Waals surface area contributed by atoms with Crippen LogP contribution in [0.2, 0.25) is 0 Å². The van der Waals surface area contributed by atoms with E-state index in [-0.39, 0.29) is 5.69 Å². The Morgan fingerprint density at radius 1 is 1.12 bits per heavy atom. The van der Waals surface area contributed by atoms with Gasteiger partial charge in [0.05, 0.1) is 10.5 Å². The summed E-state index contributed by atoms with van der Waals surface area (Å²) in [7, 11) is 0. The number of benzene rings is 1. The van der Waals surface area contributed by atoms with E-state index >= 15 is 0 Å². The van der Waals surface area contributed by atoms with Crippen LogP contribution in [0, 0.1) is 10.1 Å². The van der Waals surface area contributed by atoms with Crippen LogP contribution in [0.3, 0.4) is 0 Å². The number of non-ortho nitro benzene ring substituents is 1. The van der Waals surface area contributed by atoms with Gasteiger partial charge in [-0.25, -0.2) is 4.98 Å². The number of quaternary nitrogens is 1. The first-order chi connectivity index (χ1) is 12.3. The molecule has 1 saturated heterocycles. The maximum Gasteiger partial charge on any atom is 0.419 e. The third kappa shape index (κ3) is 4.29. The number of nitrogens with one attached hydrogen (secondary N) is 2. The molecule has 1 aromatic heterocycles. The van der Waals surface area contributed by atoms with Crippen molar-refractivity contribution in [1.82, 2.24) is 0 Å². The summed E-state index contributed by atoms with van der Waals surface area (Å²) in [5.41, 5.74) is 0.412. The average Bonchev–Trinajstić information content (AvgIpc) is 2.62. The maximum atomic E-state index is 12.6. The molecule has 2 heterocycles. The van der Waals surface area contributed by atoms with Crippen LogP contribution in [0.4, 0.5) is 24.7 Å². The van der Waals surface area contributed by atoms with E-state index in [4.69, 9.17) is 0 Å². The summed E-state index contributed by atoms with van der Waals surface area (Å²) in [6.07, 6.45) is -3.35. The van der Waals surface area contributed by atoms with Crippen molar-refractivity contribution in [2.45, 2.75) is 12.7 Å². The molecule has 6 nitrogen and oxygen atoms in total. The van der Waals surface area contributed by atoms with Gasteiger partial charge in [-0.15, -0.1) is 0 Å². The number of piperazine rings is 1. The Labute approximate surface area is 148 Å². The number of aromatic nitrogens is 1. The van der Waals surface area contributed by atoms with Gasteiger partial charge in [-0.3, -0.25) is 15.0 Å². The Morgan fingerprint density at radius 3 is 2.27 bits per heavy atom. The zero-order valence-electron chi connectivity index (χ0n) is 13.9. The van der Waals surface area contributed by atoms with Crippen LogP contribution in [0.5, 0.6) is 0 Å². The second kappa shape index (κ2) is 7.28. The molecule has 1 fully saturated rings. The molecule has 9 heteroatoms. The summed E-state index contributed by atoms with van der Waals surface area (Å²) in [4.78, 5) is 16.3. The lowest BCUT2D eigenvalue weighted by atomic mass is 10.2. The van der Waals surface area contributed by atoms with E-state index in [2.05, 4.69) is 4.98 Å². The van der Waals surface area contributed by atoms with E-state index in [1.54, 1.807) is 12.1 Å². The molecule has 26 heavy (non-hydrogen) atoms. The zero-order valence-corrected chi connectivity index (χ0v) is 13.9. The standard InChI is InChI=1S/C17H17F3N4O2/c18-17(19,20)14-3-6-16(21-11-14)23-9-7-22(8-10-23)12-13-1-4-15(5-2-13)24(25)26/h1-6,11H,7-10,12H2/p+2. The summed E-state index contributed by atoms with van der Waals surface area (Å²) in [5.74, 6) is 0.674. The van der Waals surface area contributed by atoms with Crippen LogP contribution in [0.25, 0.3) is 0 Å². The molecule has 0 saturated carbocycles. The third-order valence-electron chi connectivity index (χ3n) is 4.54. The van der Waals surface area contributed by atoms with E-state index in [1.807, 2.05) is 4.90 Å². The Bertz CT molecular complexity index is 755. The average molecular weight is 368 g/mol. The molecule has 1 aromatic carbocycles. The highest BCUT2D eigenvalue weighted by Crippen LogP contribution is 2.28. The van der Waals surface area contributed by atoms with E-state index in [9.17, 15) is 23.3 Å². The van der Waals surface area contributed by atoms with Gasteiger partial charge in [-0.05, 0) is 18.2 Å². The fraction of sp³-hybridized carbons (Fsp3) is 0.353.